The van der Waals surface area contributed by atoms with Crippen molar-refractivity contribution in [1.82, 2.24) is 5.01 Å². The van der Waals surface area contributed by atoms with Gasteiger partial charge in [-0.2, -0.15) is 10.1 Å². The van der Waals surface area contributed by atoms with E-state index in [9.17, 15) is 4.79 Å². The standard InChI is InChI=1S/C8H13N3OS/c1-6(2)5-10-11-7(12)3-4-13-8(11)9/h5-6,9H,3-4H2,1-2H3/b9-8?,10-5+/i/hD. The van der Waals surface area contributed by atoms with Gasteiger partial charge in [0.1, 0.15) is 0 Å². The number of amidine groups is 1. The fourth-order valence-electron chi connectivity index (χ4n) is 0.817. The monoisotopic (exact) mass is 200 g/mol. The van der Waals surface area contributed by atoms with Crippen LogP contribution in [0.2, 0.25) is 1.41 Å². The molecule has 0 aromatic rings. The Balaban J connectivity index is 2.75. The van der Waals surface area contributed by atoms with E-state index in [0.29, 0.717) is 17.3 Å². The highest BCUT2D eigenvalue weighted by atomic mass is 32.2. The van der Waals surface area contributed by atoms with Crippen molar-refractivity contribution in [2.24, 2.45) is 11.0 Å². The molecule has 4 nitrogen and oxygen atoms in total. The molecule has 1 aliphatic rings. The first-order chi connectivity index (χ1) is 6.65. The largest absolute Gasteiger partial charge is 0.277 e. The molecule has 1 rings (SSSR count). The molecule has 0 aliphatic carbocycles. The van der Waals surface area contributed by atoms with Crippen molar-refractivity contribution in [1.29, 1.82) is 5.40 Å². The molecule has 0 spiro atoms. The van der Waals surface area contributed by atoms with Crippen LogP contribution < -0.4 is 0 Å². The summed E-state index contributed by atoms with van der Waals surface area (Å²) in [7, 11) is 0. The van der Waals surface area contributed by atoms with Gasteiger partial charge in [-0.3, -0.25) is 10.2 Å². The summed E-state index contributed by atoms with van der Waals surface area (Å²) in [5, 5.41) is 8.85. The van der Waals surface area contributed by atoms with Gasteiger partial charge in [-0.15, -0.1) is 0 Å². The number of rotatable bonds is 2. The average molecular weight is 200 g/mol. The van der Waals surface area contributed by atoms with E-state index in [1.54, 1.807) is 6.21 Å². The minimum absolute atomic E-state index is 0.0911. The van der Waals surface area contributed by atoms with E-state index in [1.165, 1.54) is 16.8 Å². The lowest BCUT2D eigenvalue weighted by Crippen LogP contribution is -2.34. The molecule has 0 radical (unpaired) electrons. The highest BCUT2D eigenvalue weighted by molar-refractivity contribution is 8.13. The Morgan fingerprint density at radius 3 is 3.23 bits per heavy atom. The number of amides is 1. The van der Waals surface area contributed by atoms with Gasteiger partial charge in [-0.25, -0.2) is 0 Å². The third-order valence-corrected chi connectivity index (χ3v) is 2.28. The Hall–Kier alpha value is -0.840. The summed E-state index contributed by atoms with van der Waals surface area (Å²) in [5.41, 5.74) is 0. The molecular weight excluding hydrogens is 186 g/mol. The van der Waals surface area contributed by atoms with Crippen LogP contribution in [0.3, 0.4) is 0 Å². The van der Waals surface area contributed by atoms with Gasteiger partial charge in [-0.1, -0.05) is 25.6 Å². The molecule has 0 aromatic heterocycles. The zero-order valence-corrected chi connectivity index (χ0v) is 8.54. The number of hydrogen-bond donors (Lipinski definition) is 1. The van der Waals surface area contributed by atoms with E-state index in [2.05, 4.69) is 10.5 Å². The summed E-state index contributed by atoms with van der Waals surface area (Å²) in [6.07, 6.45) is 2.13. The topological polar surface area (TPSA) is 56.5 Å². The summed E-state index contributed by atoms with van der Waals surface area (Å²) >= 11 is 1.38. The third-order valence-electron chi connectivity index (χ3n) is 1.44. The van der Waals surface area contributed by atoms with Gasteiger partial charge in [0.15, 0.2) is 6.58 Å². The number of thioether (sulfide) groups is 1. The molecule has 0 bridgehead atoms. The van der Waals surface area contributed by atoms with Gasteiger partial charge in [0.05, 0.1) is 0 Å². The Kier molecular flexibility index (Phi) is 2.97. The molecule has 0 saturated carbocycles. The summed E-state index contributed by atoms with van der Waals surface area (Å²) in [5.74, 6) is 0.873. The van der Waals surface area contributed by atoms with Gasteiger partial charge >= 0.3 is 0 Å². The molecule has 1 fully saturated rings. The van der Waals surface area contributed by atoms with Gasteiger partial charge in [0.25, 0.3) is 0 Å². The Bertz CT molecular complexity index is 278. The Morgan fingerprint density at radius 1 is 1.85 bits per heavy atom. The second kappa shape index (κ2) is 4.41. The summed E-state index contributed by atoms with van der Waals surface area (Å²) < 4.78 is 6.90. The number of nitrogens with one attached hydrogen (secondary N) is 1. The van der Waals surface area contributed by atoms with Crippen molar-refractivity contribution in [3.8, 4) is 0 Å². The molecule has 0 aromatic carbocycles. The van der Waals surface area contributed by atoms with E-state index < -0.39 is 0 Å². The maximum Gasteiger partial charge on any atom is 0.250 e. The number of carbonyl (C=O) groups is 1. The van der Waals surface area contributed by atoms with Crippen LogP contribution in [0.15, 0.2) is 5.10 Å². The van der Waals surface area contributed by atoms with Crippen molar-refractivity contribution in [2.75, 3.05) is 5.75 Å². The van der Waals surface area contributed by atoms with Gasteiger partial charge in [0, 0.05) is 18.4 Å². The first-order valence-electron chi connectivity index (χ1n) is 4.61. The smallest absolute Gasteiger partial charge is 0.250 e. The third kappa shape index (κ3) is 2.84. The predicted molar refractivity (Wildman–Crippen MR) is 55.0 cm³/mol. The summed E-state index contributed by atoms with van der Waals surface area (Å²) in [4.78, 5) is 11.4. The van der Waals surface area contributed by atoms with Crippen molar-refractivity contribution >= 4 is 29.1 Å². The lowest BCUT2D eigenvalue weighted by Gasteiger charge is -2.21. The van der Waals surface area contributed by atoms with Gasteiger partial charge in [0.2, 0.25) is 5.91 Å². The van der Waals surface area contributed by atoms with Crippen LogP contribution >= 0.6 is 11.8 Å². The molecule has 5 heteroatoms. The molecule has 0 unspecified atom stereocenters. The predicted octanol–water partition coefficient (Wildman–Crippen LogP) is 1.53. The Morgan fingerprint density at radius 2 is 2.62 bits per heavy atom. The second-order valence-corrected chi connectivity index (χ2v) is 4.16. The molecule has 1 heterocycles. The molecule has 1 aliphatic heterocycles. The van der Waals surface area contributed by atoms with Crippen molar-refractivity contribution in [3.63, 3.8) is 0 Å². The molecule has 0 atom stereocenters. The fraction of sp³-hybridized carbons (Fsp3) is 0.625. The fourth-order valence-corrected chi connectivity index (χ4v) is 1.55. The zero-order chi connectivity index (χ0) is 10.6. The molecule has 1 amide bonds. The van der Waals surface area contributed by atoms with Gasteiger partial charge < -0.3 is 0 Å². The van der Waals surface area contributed by atoms with Crippen molar-refractivity contribution < 1.29 is 6.21 Å². The van der Waals surface area contributed by atoms with E-state index in [0.717, 1.165) is 0 Å². The number of nitrogens with zero attached hydrogens (tertiary/aromatic N) is 2. The van der Waals surface area contributed by atoms with E-state index >= 15 is 0 Å². The SMILES string of the molecule is [2H]N=C1SCCC(=O)N1/N=C/C(C)C. The van der Waals surface area contributed by atoms with Crippen LogP contribution in [0.25, 0.3) is 0 Å². The second-order valence-electron chi connectivity index (χ2n) is 3.10. The summed E-state index contributed by atoms with van der Waals surface area (Å²) in [6, 6.07) is 0. The maximum atomic E-state index is 11.4. The average Bonchev–Trinajstić information content (AvgIpc) is 2.15. The molecule has 1 saturated heterocycles. The number of carbonyl (C=O) groups excluding carboxylic acids is 1. The molecule has 72 valence electrons. The lowest BCUT2D eigenvalue weighted by atomic mass is 10.3. The highest BCUT2D eigenvalue weighted by Crippen LogP contribution is 2.17. The quantitative estimate of drug-likeness (QED) is 0.687. The van der Waals surface area contributed by atoms with Crippen molar-refractivity contribution in [2.45, 2.75) is 20.3 Å². The molecular formula is C8H13N3OS. The first kappa shape index (κ1) is 8.74. The first-order valence-corrected chi connectivity index (χ1v) is 5.15. The molecule has 13 heavy (non-hydrogen) atoms. The number of hydrazone groups is 1. The van der Waals surface area contributed by atoms with E-state index in [-0.39, 0.29) is 11.8 Å². The van der Waals surface area contributed by atoms with Crippen LogP contribution in [0, 0.1) is 11.3 Å². The molecule has 1 N–H and O–H groups in total. The zero-order valence-electron chi connectivity index (χ0n) is 8.73. The van der Waals surface area contributed by atoms with Crippen molar-refractivity contribution in [3.05, 3.63) is 0 Å². The highest BCUT2D eigenvalue weighted by Gasteiger charge is 2.22. The minimum Gasteiger partial charge on any atom is -0.277 e. The lowest BCUT2D eigenvalue weighted by molar-refractivity contribution is -0.127. The van der Waals surface area contributed by atoms with E-state index in [1.807, 2.05) is 13.8 Å². The van der Waals surface area contributed by atoms with Crippen LogP contribution in [0.5, 0.6) is 0 Å². The van der Waals surface area contributed by atoms with Crippen LogP contribution in [0.1, 0.15) is 20.3 Å². The van der Waals surface area contributed by atoms with E-state index in [4.69, 9.17) is 1.41 Å². The maximum absolute atomic E-state index is 11.4. The Labute approximate surface area is 83.3 Å². The summed E-state index contributed by atoms with van der Waals surface area (Å²) in [6.45, 7) is 3.95. The van der Waals surface area contributed by atoms with Crippen LogP contribution in [-0.4, -0.2) is 28.1 Å². The number of hydrogen-bond acceptors (Lipinski definition) is 4. The normalized spacial score (nSPS) is 23.3. The minimum atomic E-state index is -0.0911. The van der Waals surface area contributed by atoms with Gasteiger partial charge in [-0.05, 0) is 5.92 Å². The van der Waals surface area contributed by atoms with Crippen LogP contribution in [-0.2, 0) is 4.79 Å². The van der Waals surface area contributed by atoms with Crippen LogP contribution in [0.4, 0.5) is 0 Å².